The number of carbonyl (C=O) groups excluding carboxylic acids is 1. The van der Waals surface area contributed by atoms with E-state index in [-0.39, 0.29) is 23.3 Å². The summed E-state index contributed by atoms with van der Waals surface area (Å²) in [5.74, 6) is -0.383. The molecule has 0 bridgehead atoms. The van der Waals surface area contributed by atoms with Crippen molar-refractivity contribution in [3.05, 3.63) is 64.5 Å². The fourth-order valence-corrected chi connectivity index (χ4v) is 4.03. The van der Waals surface area contributed by atoms with Crippen LogP contribution in [0.25, 0.3) is 11.4 Å². The van der Waals surface area contributed by atoms with E-state index in [1.807, 2.05) is 4.90 Å². The molecule has 162 valence electrons. The highest BCUT2D eigenvalue weighted by atomic mass is 79.9. The van der Waals surface area contributed by atoms with Gasteiger partial charge in [0.1, 0.15) is 11.6 Å². The van der Waals surface area contributed by atoms with Crippen LogP contribution < -0.4 is 5.32 Å². The summed E-state index contributed by atoms with van der Waals surface area (Å²) in [5.41, 5.74) is 0.692. The Bertz CT molecular complexity index is 1090. The highest BCUT2D eigenvalue weighted by molar-refractivity contribution is 9.10. The number of likely N-dealkylation sites (tertiary alicyclic amines) is 1. The molecular formula is C22H21BrF2N4O2. The molecule has 1 aliphatic rings. The number of amides is 1. The number of carbonyl (C=O) groups is 1. The van der Waals surface area contributed by atoms with Gasteiger partial charge >= 0.3 is 0 Å². The summed E-state index contributed by atoms with van der Waals surface area (Å²) in [4.78, 5) is 19.2. The van der Waals surface area contributed by atoms with Crippen molar-refractivity contribution in [3.8, 4) is 11.4 Å². The molecule has 0 spiro atoms. The monoisotopic (exact) mass is 490 g/mol. The number of aromatic nitrogens is 2. The Morgan fingerprint density at radius 1 is 1.29 bits per heavy atom. The molecule has 2 aromatic carbocycles. The lowest BCUT2D eigenvalue weighted by Gasteiger charge is -2.34. The third kappa shape index (κ3) is 4.99. The summed E-state index contributed by atoms with van der Waals surface area (Å²) < 4.78 is 33.6. The Kier molecular flexibility index (Phi) is 6.43. The van der Waals surface area contributed by atoms with Crippen LogP contribution in [-0.2, 0) is 4.79 Å². The first kappa shape index (κ1) is 21.6. The Morgan fingerprint density at radius 2 is 2.13 bits per heavy atom. The second-order valence-corrected chi connectivity index (χ2v) is 8.51. The summed E-state index contributed by atoms with van der Waals surface area (Å²) >= 11 is 3.20. The van der Waals surface area contributed by atoms with E-state index in [0.717, 1.165) is 19.4 Å². The normalized spacial score (nSPS) is 18.0. The molecule has 1 amide bonds. The number of halogens is 3. The summed E-state index contributed by atoms with van der Waals surface area (Å²) in [5, 5.41) is 6.64. The molecule has 31 heavy (non-hydrogen) atoms. The highest BCUT2D eigenvalue weighted by Gasteiger charge is 2.31. The van der Waals surface area contributed by atoms with Crippen LogP contribution in [0.3, 0.4) is 0 Å². The van der Waals surface area contributed by atoms with E-state index in [1.54, 1.807) is 25.1 Å². The van der Waals surface area contributed by atoms with E-state index in [9.17, 15) is 13.6 Å². The fourth-order valence-electron chi connectivity index (χ4n) is 3.70. The van der Waals surface area contributed by atoms with Crippen LogP contribution in [0.1, 0.15) is 31.6 Å². The van der Waals surface area contributed by atoms with Gasteiger partial charge in [0.25, 0.3) is 0 Å². The third-order valence-corrected chi connectivity index (χ3v) is 5.94. The van der Waals surface area contributed by atoms with Crippen LogP contribution in [-0.4, -0.2) is 40.1 Å². The van der Waals surface area contributed by atoms with Crippen LogP contribution in [0.5, 0.6) is 0 Å². The maximum atomic E-state index is 14.1. The van der Waals surface area contributed by atoms with E-state index in [1.165, 1.54) is 24.3 Å². The van der Waals surface area contributed by atoms with Gasteiger partial charge in [-0.15, -0.1) is 0 Å². The Hall–Kier alpha value is -2.65. The van der Waals surface area contributed by atoms with Crippen LogP contribution in [0.2, 0.25) is 0 Å². The number of nitrogens with zero attached hydrogens (tertiary/aromatic N) is 3. The Morgan fingerprint density at radius 3 is 2.90 bits per heavy atom. The zero-order chi connectivity index (χ0) is 22.0. The lowest BCUT2D eigenvalue weighted by Crippen LogP contribution is -2.46. The second kappa shape index (κ2) is 9.23. The number of rotatable bonds is 5. The summed E-state index contributed by atoms with van der Waals surface area (Å²) in [6, 6.07) is 10.1. The van der Waals surface area contributed by atoms with Gasteiger partial charge in [-0.1, -0.05) is 33.2 Å². The molecule has 0 saturated carbocycles. The SMILES string of the molecule is CC(C(=O)Nc1ccc(Br)cc1F)N1CCCC(c2nc(-c3cccc(F)c3)no2)C1. The predicted molar refractivity (Wildman–Crippen MR) is 115 cm³/mol. The second-order valence-electron chi connectivity index (χ2n) is 7.59. The maximum absolute atomic E-state index is 14.1. The van der Waals surface area contributed by atoms with Crippen molar-refractivity contribution in [2.75, 3.05) is 18.4 Å². The predicted octanol–water partition coefficient (Wildman–Crippen LogP) is 4.98. The van der Waals surface area contributed by atoms with E-state index >= 15 is 0 Å². The van der Waals surface area contributed by atoms with Gasteiger partial charge in [0.15, 0.2) is 0 Å². The van der Waals surface area contributed by atoms with Crippen molar-refractivity contribution >= 4 is 27.5 Å². The molecule has 6 nitrogen and oxygen atoms in total. The maximum Gasteiger partial charge on any atom is 0.241 e. The fraction of sp³-hybridized carbons (Fsp3) is 0.318. The first-order valence-corrected chi connectivity index (χ1v) is 10.8. The molecule has 2 unspecified atom stereocenters. The highest BCUT2D eigenvalue weighted by Crippen LogP contribution is 2.29. The van der Waals surface area contributed by atoms with Gasteiger partial charge in [-0.2, -0.15) is 4.98 Å². The molecule has 2 atom stereocenters. The van der Waals surface area contributed by atoms with Gasteiger partial charge in [-0.25, -0.2) is 8.78 Å². The van der Waals surface area contributed by atoms with Crippen molar-refractivity contribution in [2.45, 2.75) is 31.7 Å². The van der Waals surface area contributed by atoms with Crippen LogP contribution >= 0.6 is 15.9 Å². The molecule has 3 aromatic rings. The third-order valence-electron chi connectivity index (χ3n) is 5.44. The first-order chi connectivity index (χ1) is 14.9. The van der Waals surface area contributed by atoms with Gasteiger partial charge in [-0.3, -0.25) is 9.69 Å². The van der Waals surface area contributed by atoms with E-state index in [2.05, 4.69) is 31.4 Å². The minimum absolute atomic E-state index is 0.0387. The van der Waals surface area contributed by atoms with E-state index in [4.69, 9.17) is 4.52 Å². The standard InChI is InChI=1S/C22H21BrF2N4O2/c1-13(21(30)26-19-8-7-16(23)11-18(19)25)29-9-3-5-15(12-29)22-27-20(28-31-22)14-4-2-6-17(24)10-14/h2,4,6-8,10-11,13,15H,3,5,9,12H2,1H3,(H,26,30). The molecular weight excluding hydrogens is 470 g/mol. The molecule has 1 aliphatic heterocycles. The Labute approximate surface area is 186 Å². The zero-order valence-electron chi connectivity index (χ0n) is 16.8. The van der Waals surface area contributed by atoms with Crippen LogP contribution in [0.4, 0.5) is 14.5 Å². The lowest BCUT2D eigenvalue weighted by molar-refractivity contribution is -0.121. The van der Waals surface area contributed by atoms with Crippen molar-refractivity contribution in [3.63, 3.8) is 0 Å². The number of hydrogen-bond donors (Lipinski definition) is 1. The van der Waals surface area contributed by atoms with Crippen molar-refractivity contribution in [1.29, 1.82) is 0 Å². The van der Waals surface area contributed by atoms with Crippen molar-refractivity contribution in [1.82, 2.24) is 15.0 Å². The molecule has 9 heteroatoms. The molecule has 2 heterocycles. The van der Waals surface area contributed by atoms with Gasteiger partial charge < -0.3 is 9.84 Å². The summed E-state index contributed by atoms with van der Waals surface area (Å²) in [7, 11) is 0. The smallest absolute Gasteiger partial charge is 0.241 e. The quantitative estimate of drug-likeness (QED) is 0.545. The average Bonchev–Trinajstić information content (AvgIpc) is 3.26. The molecule has 1 aromatic heterocycles. The largest absolute Gasteiger partial charge is 0.339 e. The minimum Gasteiger partial charge on any atom is -0.339 e. The molecule has 0 aliphatic carbocycles. The van der Waals surface area contributed by atoms with Gasteiger partial charge in [0, 0.05) is 16.6 Å². The van der Waals surface area contributed by atoms with Crippen molar-refractivity contribution in [2.24, 2.45) is 0 Å². The summed E-state index contributed by atoms with van der Waals surface area (Å²) in [6.07, 6.45) is 1.70. The van der Waals surface area contributed by atoms with Gasteiger partial charge in [0.05, 0.1) is 17.6 Å². The summed E-state index contributed by atoms with van der Waals surface area (Å²) in [6.45, 7) is 3.08. The minimum atomic E-state index is -0.498. The van der Waals surface area contributed by atoms with Crippen LogP contribution in [0.15, 0.2) is 51.5 Å². The number of benzene rings is 2. The average molecular weight is 491 g/mol. The number of nitrogens with one attached hydrogen (secondary N) is 1. The molecule has 1 saturated heterocycles. The van der Waals surface area contributed by atoms with Gasteiger partial charge in [0.2, 0.25) is 17.6 Å². The lowest BCUT2D eigenvalue weighted by atomic mass is 9.96. The molecule has 0 radical (unpaired) electrons. The number of piperidine rings is 1. The topological polar surface area (TPSA) is 71.3 Å². The number of anilines is 1. The molecule has 1 N–H and O–H groups in total. The number of hydrogen-bond acceptors (Lipinski definition) is 5. The Balaban J connectivity index is 1.43. The van der Waals surface area contributed by atoms with Crippen molar-refractivity contribution < 1.29 is 18.1 Å². The molecule has 1 fully saturated rings. The molecule has 4 rings (SSSR count). The first-order valence-electron chi connectivity index (χ1n) is 10.00. The van der Waals surface area contributed by atoms with Gasteiger partial charge in [-0.05, 0) is 56.6 Å². The zero-order valence-corrected chi connectivity index (χ0v) is 18.4. The van der Waals surface area contributed by atoms with E-state index in [0.29, 0.717) is 28.3 Å². The van der Waals surface area contributed by atoms with E-state index < -0.39 is 11.9 Å². The van der Waals surface area contributed by atoms with Crippen LogP contribution in [0, 0.1) is 11.6 Å².